The molecule has 1 aliphatic rings. The van der Waals surface area contributed by atoms with Crippen molar-refractivity contribution in [1.29, 1.82) is 0 Å². The van der Waals surface area contributed by atoms with E-state index in [1.54, 1.807) is 0 Å². The van der Waals surface area contributed by atoms with Gasteiger partial charge in [-0.25, -0.2) is 0 Å². The molecule has 0 aromatic rings. The molecule has 0 bridgehead atoms. The van der Waals surface area contributed by atoms with Crippen LogP contribution in [0.25, 0.3) is 0 Å². The van der Waals surface area contributed by atoms with Crippen molar-refractivity contribution >= 4 is 0 Å². The zero-order valence-corrected chi connectivity index (χ0v) is 4.13. The molecule has 0 amide bonds. The van der Waals surface area contributed by atoms with Crippen molar-refractivity contribution in [2.45, 2.75) is 18.7 Å². The number of rotatable bonds is 0. The van der Waals surface area contributed by atoms with Crippen LogP contribution in [0, 0.1) is 0 Å². The molecule has 7 heavy (non-hydrogen) atoms. The molecule has 4 N–H and O–H groups in total. The van der Waals surface area contributed by atoms with E-state index in [0.717, 1.165) is 13.0 Å². The van der Waals surface area contributed by atoms with Crippen molar-refractivity contribution in [3.05, 3.63) is 0 Å². The Hall–Kier alpha value is -0.120. The molecule has 1 aliphatic heterocycles. The summed E-state index contributed by atoms with van der Waals surface area (Å²) in [6.07, 6.45) is 0.696. The van der Waals surface area contributed by atoms with Crippen molar-refractivity contribution in [3.8, 4) is 0 Å². The van der Waals surface area contributed by atoms with Crippen molar-refractivity contribution in [2.75, 3.05) is 6.61 Å². The molecular formula is C4H10N2O. The summed E-state index contributed by atoms with van der Waals surface area (Å²) in [5.74, 6) is 0. The highest BCUT2D eigenvalue weighted by Gasteiger charge is 2.19. The summed E-state index contributed by atoms with van der Waals surface area (Å²) in [5.41, 5.74) is 10.8. The summed E-state index contributed by atoms with van der Waals surface area (Å²) >= 11 is 0. The molecule has 0 spiro atoms. The Bertz CT molecular complexity index is 58.7. The van der Waals surface area contributed by atoms with Crippen LogP contribution < -0.4 is 11.5 Å². The van der Waals surface area contributed by atoms with Gasteiger partial charge in [0.1, 0.15) is 6.23 Å². The Balaban J connectivity index is 2.33. The van der Waals surface area contributed by atoms with Gasteiger partial charge in [-0.1, -0.05) is 0 Å². The van der Waals surface area contributed by atoms with Crippen LogP contribution in [0.3, 0.4) is 0 Å². The lowest BCUT2D eigenvalue weighted by molar-refractivity contribution is 0.110. The number of hydrogen-bond acceptors (Lipinski definition) is 3. The van der Waals surface area contributed by atoms with Crippen LogP contribution in [0.2, 0.25) is 0 Å². The van der Waals surface area contributed by atoms with Gasteiger partial charge in [0, 0.05) is 6.04 Å². The van der Waals surface area contributed by atoms with Crippen LogP contribution in [0.5, 0.6) is 0 Å². The molecule has 2 atom stereocenters. The summed E-state index contributed by atoms with van der Waals surface area (Å²) in [6.45, 7) is 0.725. The van der Waals surface area contributed by atoms with Crippen LogP contribution in [0.4, 0.5) is 0 Å². The molecule has 0 aliphatic carbocycles. The molecule has 0 aromatic heterocycles. The molecule has 3 nitrogen and oxygen atoms in total. The van der Waals surface area contributed by atoms with Crippen LogP contribution >= 0.6 is 0 Å². The minimum atomic E-state index is -0.208. The smallest absolute Gasteiger partial charge is 0.120 e. The number of ether oxygens (including phenoxy) is 1. The molecule has 0 radical (unpaired) electrons. The highest BCUT2D eigenvalue weighted by molar-refractivity contribution is 4.72. The average Bonchev–Trinajstić information content (AvgIpc) is 1.91. The van der Waals surface area contributed by atoms with Crippen molar-refractivity contribution in [1.82, 2.24) is 0 Å². The standard InChI is InChI=1S/C4H10N2O/c5-3-1-2-7-4(3)6/h3-4H,1-2,5-6H2. The second-order valence-electron chi connectivity index (χ2n) is 1.79. The van der Waals surface area contributed by atoms with E-state index in [2.05, 4.69) is 0 Å². The summed E-state index contributed by atoms with van der Waals surface area (Å²) in [7, 11) is 0. The van der Waals surface area contributed by atoms with E-state index in [1.807, 2.05) is 0 Å². The van der Waals surface area contributed by atoms with Gasteiger partial charge in [-0.15, -0.1) is 0 Å². The summed E-state index contributed by atoms with van der Waals surface area (Å²) in [6, 6.07) is 0.0694. The third-order valence-electron chi connectivity index (χ3n) is 1.18. The average molecular weight is 102 g/mol. The highest BCUT2D eigenvalue weighted by Crippen LogP contribution is 2.04. The van der Waals surface area contributed by atoms with Crippen LogP contribution in [-0.4, -0.2) is 18.9 Å². The zero-order valence-electron chi connectivity index (χ0n) is 4.13. The molecule has 42 valence electrons. The van der Waals surface area contributed by atoms with Crippen molar-refractivity contribution < 1.29 is 4.74 Å². The highest BCUT2D eigenvalue weighted by atomic mass is 16.5. The normalized spacial score (nSPS) is 42.0. The van der Waals surface area contributed by atoms with E-state index in [4.69, 9.17) is 16.2 Å². The zero-order chi connectivity index (χ0) is 5.28. The SMILES string of the molecule is NC1CCOC1N. The second kappa shape index (κ2) is 1.78. The van der Waals surface area contributed by atoms with Crippen LogP contribution in [0.15, 0.2) is 0 Å². The predicted molar refractivity (Wildman–Crippen MR) is 26.5 cm³/mol. The molecule has 1 heterocycles. The minimum absolute atomic E-state index is 0.0694. The fourth-order valence-corrected chi connectivity index (χ4v) is 0.628. The Labute approximate surface area is 42.6 Å². The van der Waals surface area contributed by atoms with Gasteiger partial charge in [0.25, 0.3) is 0 Å². The quantitative estimate of drug-likeness (QED) is 0.413. The largest absolute Gasteiger partial charge is 0.362 e. The van der Waals surface area contributed by atoms with Gasteiger partial charge in [0.2, 0.25) is 0 Å². The third-order valence-corrected chi connectivity index (χ3v) is 1.18. The van der Waals surface area contributed by atoms with Gasteiger partial charge in [0.05, 0.1) is 6.61 Å². The van der Waals surface area contributed by atoms with Crippen LogP contribution in [0.1, 0.15) is 6.42 Å². The first kappa shape index (κ1) is 5.03. The van der Waals surface area contributed by atoms with E-state index in [0.29, 0.717) is 0 Å². The Morgan fingerprint density at radius 2 is 2.14 bits per heavy atom. The number of nitrogens with two attached hydrogens (primary N) is 2. The fraction of sp³-hybridized carbons (Fsp3) is 1.00. The van der Waals surface area contributed by atoms with Gasteiger partial charge in [-0.3, -0.25) is 0 Å². The monoisotopic (exact) mass is 102 g/mol. The summed E-state index contributed by atoms with van der Waals surface area (Å²) in [4.78, 5) is 0. The Morgan fingerprint density at radius 3 is 2.29 bits per heavy atom. The maximum absolute atomic E-state index is 5.43. The summed E-state index contributed by atoms with van der Waals surface area (Å²) < 4.78 is 4.92. The van der Waals surface area contributed by atoms with E-state index >= 15 is 0 Å². The topological polar surface area (TPSA) is 61.3 Å². The minimum Gasteiger partial charge on any atom is -0.362 e. The van der Waals surface area contributed by atoms with Gasteiger partial charge in [-0.05, 0) is 6.42 Å². The first-order chi connectivity index (χ1) is 3.30. The van der Waals surface area contributed by atoms with E-state index in [-0.39, 0.29) is 12.3 Å². The maximum Gasteiger partial charge on any atom is 0.120 e. The van der Waals surface area contributed by atoms with Gasteiger partial charge in [0.15, 0.2) is 0 Å². The lowest BCUT2D eigenvalue weighted by Crippen LogP contribution is -2.36. The second-order valence-corrected chi connectivity index (χ2v) is 1.79. The molecule has 0 aromatic carbocycles. The Morgan fingerprint density at radius 1 is 1.43 bits per heavy atom. The first-order valence-corrected chi connectivity index (χ1v) is 2.43. The first-order valence-electron chi connectivity index (χ1n) is 2.43. The molecule has 2 unspecified atom stereocenters. The lowest BCUT2D eigenvalue weighted by Gasteiger charge is -2.04. The Kier molecular flexibility index (Phi) is 1.27. The molecule has 1 fully saturated rings. The van der Waals surface area contributed by atoms with Gasteiger partial charge in [-0.2, -0.15) is 0 Å². The van der Waals surface area contributed by atoms with Crippen LogP contribution in [-0.2, 0) is 4.74 Å². The summed E-state index contributed by atoms with van der Waals surface area (Å²) in [5, 5.41) is 0. The van der Waals surface area contributed by atoms with Crippen molar-refractivity contribution in [3.63, 3.8) is 0 Å². The molecule has 1 rings (SSSR count). The molecule has 0 saturated carbocycles. The maximum atomic E-state index is 5.43. The van der Waals surface area contributed by atoms with Gasteiger partial charge < -0.3 is 16.2 Å². The molecule has 3 heteroatoms. The van der Waals surface area contributed by atoms with Gasteiger partial charge >= 0.3 is 0 Å². The predicted octanol–water partition coefficient (Wildman–Crippen LogP) is -0.981. The van der Waals surface area contributed by atoms with E-state index in [9.17, 15) is 0 Å². The molecule has 1 saturated heterocycles. The van der Waals surface area contributed by atoms with Crippen molar-refractivity contribution in [2.24, 2.45) is 11.5 Å². The number of hydrogen-bond donors (Lipinski definition) is 2. The van der Waals surface area contributed by atoms with E-state index in [1.165, 1.54) is 0 Å². The lowest BCUT2D eigenvalue weighted by atomic mass is 10.2. The molecular weight excluding hydrogens is 92.1 g/mol. The fourth-order valence-electron chi connectivity index (χ4n) is 0.628. The third kappa shape index (κ3) is 0.907. The van der Waals surface area contributed by atoms with E-state index < -0.39 is 0 Å².